The van der Waals surface area contributed by atoms with Crippen molar-refractivity contribution in [2.75, 3.05) is 6.61 Å². The molecule has 2 aromatic rings. The second kappa shape index (κ2) is 10.8. The highest BCUT2D eigenvalue weighted by Gasteiger charge is 2.51. The van der Waals surface area contributed by atoms with Crippen molar-refractivity contribution in [3.63, 3.8) is 0 Å². The summed E-state index contributed by atoms with van der Waals surface area (Å²) in [6.45, 7) is 10.0. The lowest BCUT2D eigenvalue weighted by Crippen LogP contribution is -2.49. The molecule has 1 aliphatic rings. The first-order valence-corrected chi connectivity index (χ1v) is 11.3. The Bertz CT molecular complexity index is 957. The number of nitrogens with zero attached hydrogens (tertiary/aromatic N) is 1. The van der Waals surface area contributed by atoms with Crippen molar-refractivity contribution in [2.24, 2.45) is 5.92 Å². The third kappa shape index (κ3) is 6.09. The number of hydrogen-bond donors (Lipinski definition) is 1. The molecule has 1 N–H and O–H groups in total. The number of ether oxygens (including phenoxy) is 2. The van der Waals surface area contributed by atoms with E-state index in [0.29, 0.717) is 31.6 Å². The smallest absolute Gasteiger partial charge is 0.417 e. The number of cyclic esters (lactones) is 1. The molecular weight excluding hydrogens is 418 g/mol. The van der Waals surface area contributed by atoms with Gasteiger partial charge in [0.15, 0.2) is 0 Å². The van der Waals surface area contributed by atoms with Crippen LogP contribution in [-0.2, 0) is 27.3 Å². The van der Waals surface area contributed by atoms with E-state index in [1.165, 1.54) is 4.90 Å². The highest BCUT2D eigenvalue weighted by Crippen LogP contribution is 2.34. The Balaban J connectivity index is 1.60. The van der Waals surface area contributed by atoms with E-state index in [9.17, 15) is 14.7 Å². The van der Waals surface area contributed by atoms with Crippen LogP contribution >= 0.6 is 0 Å². The molecule has 1 saturated heterocycles. The molecule has 0 radical (unpaired) electrons. The fourth-order valence-electron chi connectivity index (χ4n) is 4.02. The first-order valence-electron chi connectivity index (χ1n) is 11.3. The summed E-state index contributed by atoms with van der Waals surface area (Å²) in [4.78, 5) is 27.1. The summed E-state index contributed by atoms with van der Waals surface area (Å²) in [5, 5.41) is 10.8. The average Bonchev–Trinajstić information content (AvgIpc) is 3.03. The maximum Gasteiger partial charge on any atom is 0.417 e. The number of benzene rings is 2. The van der Waals surface area contributed by atoms with Gasteiger partial charge >= 0.3 is 6.09 Å². The monoisotopic (exact) mass is 451 g/mol. The fraction of sp³-hybridized carbons (Fsp3) is 0.407. The van der Waals surface area contributed by atoms with Gasteiger partial charge in [-0.15, -0.1) is 0 Å². The maximum absolute atomic E-state index is 13.3. The molecule has 1 heterocycles. The van der Waals surface area contributed by atoms with Gasteiger partial charge in [0.2, 0.25) is 5.91 Å². The van der Waals surface area contributed by atoms with Gasteiger partial charge in [-0.25, -0.2) is 9.69 Å². The summed E-state index contributed by atoms with van der Waals surface area (Å²) in [7, 11) is 0. The molecule has 2 aromatic carbocycles. The molecule has 0 aliphatic carbocycles. The zero-order valence-corrected chi connectivity index (χ0v) is 19.6. The quantitative estimate of drug-likeness (QED) is 0.425. The van der Waals surface area contributed by atoms with Gasteiger partial charge < -0.3 is 14.6 Å². The summed E-state index contributed by atoms with van der Waals surface area (Å²) in [6, 6.07) is 19.0. The summed E-state index contributed by atoms with van der Waals surface area (Å²) in [6.07, 6.45) is -0.884. The minimum atomic E-state index is -1.09. The third-order valence-electron chi connectivity index (χ3n) is 6.13. The molecule has 1 fully saturated rings. The van der Waals surface area contributed by atoms with Crippen LogP contribution in [0, 0.1) is 5.92 Å². The zero-order valence-electron chi connectivity index (χ0n) is 19.6. The molecule has 2 amide bonds. The van der Waals surface area contributed by atoms with Crippen molar-refractivity contribution in [2.45, 2.75) is 58.0 Å². The van der Waals surface area contributed by atoms with E-state index >= 15 is 0 Å². The topological polar surface area (TPSA) is 76.1 Å². The molecule has 1 aliphatic heterocycles. The SMILES string of the molecule is C=C(CCOCc1ccccc1)[C@@H](O)[C@H](C)C(=O)N1C(=O)OC(C)(C)[C@@H]1Cc1ccccc1. The second-order valence-electron chi connectivity index (χ2n) is 9.07. The van der Waals surface area contributed by atoms with E-state index < -0.39 is 35.7 Å². The Morgan fingerprint density at radius 1 is 1.12 bits per heavy atom. The predicted molar refractivity (Wildman–Crippen MR) is 126 cm³/mol. The number of carbonyl (C=O) groups excluding carboxylic acids is 2. The van der Waals surface area contributed by atoms with Gasteiger partial charge in [0.05, 0.1) is 31.3 Å². The van der Waals surface area contributed by atoms with Crippen molar-refractivity contribution in [3.05, 3.63) is 83.9 Å². The van der Waals surface area contributed by atoms with E-state index in [1.54, 1.807) is 20.8 Å². The van der Waals surface area contributed by atoms with E-state index in [0.717, 1.165) is 11.1 Å². The lowest BCUT2D eigenvalue weighted by molar-refractivity contribution is -0.136. The number of amides is 2. The van der Waals surface area contributed by atoms with Crippen LogP contribution in [-0.4, -0.2) is 46.4 Å². The molecule has 6 nitrogen and oxygen atoms in total. The molecule has 33 heavy (non-hydrogen) atoms. The van der Waals surface area contributed by atoms with Gasteiger partial charge in [-0.1, -0.05) is 74.2 Å². The van der Waals surface area contributed by atoms with Gasteiger partial charge in [0.1, 0.15) is 5.60 Å². The maximum atomic E-state index is 13.3. The number of hydrogen-bond acceptors (Lipinski definition) is 5. The number of carbonyl (C=O) groups is 2. The summed E-state index contributed by atoms with van der Waals surface area (Å²) >= 11 is 0. The number of aliphatic hydroxyl groups excluding tert-OH is 1. The van der Waals surface area contributed by atoms with Gasteiger partial charge in [0.25, 0.3) is 0 Å². The van der Waals surface area contributed by atoms with Crippen molar-refractivity contribution in [1.82, 2.24) is 4.90 Å². The molecule has 0 bridgehead atoms. The third-order valence-corrected chi connectivity index (χ3v) is 6.13. The van der Waals surface area contributed by atoms with E-state index in [4.69, 9.17) is 9.47 Å². The molecule has 0 saturated carbocycles. The van der Waals surface area contributed by atoms with Crippen LogP contribution in [0.15, 0.2) is 72.8 Å². The molecule has 0 unspecified atom stereocenters. The molecule has 0 spiro atoms. The fourth-order valence-corrected chi connectivity index (χ4v) is 4.02. The highest BCUT2D eigenvalue weighted by molar-refractivity contribution is 5.95. The summed E-state index contributed by atoms with van der Waals surface area (Å²) in [5.41, 5.74) is 1.72. The van der Waals surface area contributed by atoms with Crippen molar-refractivity contribution < 1.29 is 24.2 Å². The first-order chi connectivity index (χ1) is 15.7. The Morgan fingerprint density at radius 3 is 2.30 bits per heavy atom. The van der Waals surface area contributed by atoms with Crippen LogP contribution in [0.25, 0.3) is 0 Å². The second-order valence-corrected chi connectivity index (χ2v) is 9.07. The average molecular weight is 452 g/mol. The first kappa shape index (κ1) is 24.7. The Morgan fingerprint density at radius 2 is 1.70 bits per heavy atom. The molecule has 6 heteroatoms. The predicted octanol–water partition coefficient (Wildman–Crippen LogP) is 4.52. The molecular formula is C27H33NO5. The summed E-state index contributed by atoms with van der Waals surface area (Å²) < 4.78 is 11.2. The normalized spacial score (nSPS) is 19.1. The molecule has 0 aromatic heterocycles. The largest absolute Gasteiger partial charge is 0.441 e. The lowest BCUT2D eigenvalue weighted by Gasteiger charge is -2.30. The highest BCUT2D eigenvalue weighted by atomic mass is 16.6. The number of imide groups is 1. The number of aliphatic hydroxyl groups is 1. The van der Waals surface area contributed by atoms with Crippen molar-refractivity contribution >= 4 is 12.0 Å². The van der Waals surface area contributed by atoms with E-state index in [2.05, 4.69) is 6.58 Å². The molecule has 3 rings (SSSR count). The van der Waals surface area contributed by atoms with Crippen molar-refractivity contribution in [3.8, 4) is 0 Å². The van der Waals surface area contributed by atoms with Crippen LogP contribution in [0.3, 0.4) is 0 Å². The van der Waals surface area contributed by atoms with Crippen LogP contribution in [0.1, 0.15) is 38.3 Å². The van der Waals surface area contributed by atoms with Gasteiger partial charge in [-0.05, 0) is 43.4 Å². The van der Waals surface area contributed by atoms with Crippen LogP contribution in [0.4, 0.5) is 4.79 Å². The van der Waals surface area contributed by atoms with Gasteiger partial charge in [-0.2, -0.15) is 0 Å². The van der Waals surface area contributed by atoms with Crippen LogP contribution in [0.2, 0.25) is 0 Å². The van der Waals surface area contributed by atoms with Crippen molar-refractivity contribution in [1.29, 1.82) is 0 Å². The Hall–Kier alpha value is -2.96. The number of rotatable bonds is 10. The minimum absolute atomic E-state index is 0.376. The van der Waals surface area contributed by atoms with E-state index in [-0.39, 0.29) is 0 Å². The Kier molecular flexibility index (Phi) is 8.06. The van der Waals surface area contributed by atoms with Crippen LogP contribution in [0.5, 0.6) is 0 Å². The zero-order chi connectivity index (χ0) is 24.0. The van der Waals surface area contributed by atoms with Gasteiger partial charge in [-0.3, -0.25) is 4.79 Å². The standard InChI is InChI=1S/C27H33NO5/c1-19(15-16-32-18-22-13-9-6-10-14-22)24(29)20(2)25(30)28-23(27(3,4)33-26(28)31)17-21-11-7-5-8-12-21/h5-14,20,23-24,29H,1,15-18H2,2-4H3/t20-,23-,24+/m0/s1. The van der Waals surface area contributed by atoms with Crippen LogP contribution < -0.4 is 0 Å². The van der Waals surface area contributed by atoms with Gasteiger partial charge in [0, 0.05) is 0 Å². The molecule has 3 atom stereocenters. The molecule has 176 valence electrons. The lowest BCUT2D eigenvalue weighted by atomic mass is 9.90. The van der Waals surface area contributed by atoms with E-state index in [1.807, 2.05) is 60.7 Å². The Labute approximate surface area is 195 Å². The minimum Gasteiger partial charge on any atom is -0.441 e. The summed E-state index contributed by atoms with van der Waals surface area (Å²) in [5.74, 6) is -1.31.